The molecule has 0 unspecified atom stereocenters. The van der Waals surface area contributed by atoms with Crippen molar-refractivity contribution in [2.24, 2.45) is 11.5 Å². The number of thiol groups is 2. The topological polar surface area (TPSA) is 138 Å². The second-order valence-corrected chi connectivity index (χ2v) is 4.96. The Morgan fingerprint density at radius 3 is 1.32 bits per heavy atom. The maximum absolute atomic E-state index is 9.60. The minimum Gasteiger partial charge on any atom is -1.00 e. The molecule has 0 spiro atoms. The Bertz CT molecular complexity index is 186. The van der Waals surface area contributed by atoms with Crippen LogP contribution in [-0.4, -0.2) is 47.4 Å². The first-order valence-corrected chi connectivity index (χ1v) is 9.38. The molecule has 6 nitrogen and oxygen atoms in total. The summed E-state index contributed by atoms with van der Waals surface area (Å²) in [5, 5.41) is 7.91. The molecule has 0 bridgehead atoms. The summed E-state index contributed by atoms with van der Waals surface area (Å²) in [6.07, 6.45) is 6.57. The van der Waals surface area contributed by atoms with Gasteiger partial charge in [-0.25, -0.2) is 0 Å². The summed E-state index contributed by atoms with van der Waals surface area (Å²) >= 11 is 7.72. The summed E-state index contributed by atoms with van der Waals surface area (Å²) in [5.41, 5.74) is 9.98. The van der Waals surface area contributed by atoms with Gasteiger partial charge in [0.15, 0.2) is 0 Å². The van der Waals surface area contributed by atoms with E-state index in [1.54, 1.807) is 6.29 Å². The first-order valence-electron chi connectivity index (χ1n) is 8.12. The minimum atomic E-state index is -0.711. The van der Waals surface area contributed by atoms with Crippen LogP contribution in [0.2, 0.25) is 0 Å². The molecule has 0 aliphatic heterocycles. The SMILES string of the molecule is CCCC(=O)O.CCCN.CCCS.CCC[C+]=O.NCCS.O.[H-].[Na+]. The second-order valence-electron chi connectivity index (χ2n) is 4.06. The Hall–Kier alpha value is 0.630. The molecule has 0 aromatic rings. The van der Waals surface area contributed by atoms with Crippen molar-refractivity contribution >= 4 is 37.5 Å². The van der Waals surface area contributed by atoms with E-state index in [4.69, 9.17) is 16.6 Å². The summed E-state index contributed by atoms with van der Waals surface area (Å²) in [5.74, 6) is 1.09. The third-order valence-electron chi connectivity index (χ3n) is 1.46. The quantitative estimate of drug-likeness (QED) is 0.220. The zero-order valence-electron chi connectivity index (χ0n) is 17.9. The molecule has 0 aromatic carbocycles. The molecule has 0 aliphatic carbocycles. The van der Waals surface area contributed by atoms with Crippen LogP contribution in [0.4, 0.5) is 0 Å². The average Bonchev–Trinajstić information content (AvgIpc) is 2.56. The van der Waals surface area contributed by atoms with Crippen LogP contribution in [0.15, 0.2) is 0 Å². The van der Waals surface area contributed by atoms with E-state index in [2.05, 4.69) is 39.1 Å². The van der Waals surface area contributed by atoms with Gasteiger partial charge < -0.3 is 23.5 Å². The molecule has 0 radical (unpaired) electrons. The molecule has 0 aromatic heterocycles. The van der Waals surface area contributed by atoms with Crippen LogP contribution in [0, 0.1) is 0 Å². The molecule has 152 valence electrons. The van der Waals surface area contributed by atoms with Crippen LogP contribution in [0.5, 0.6) is 0 Å². The first-order chi connectivity index (χ1) is 10.9. The molecule has 9 heteroatoms. The first kappa shape index (κ1) is 44.8. The van der Waals surface area contributed by atoms with Crippen LogP contribution in [0.1, 0.15) is 67.6 Å². The van der Waals surface area contributed by atoms with Gasteiger partial charge in [0, 0.05) is 23.5 Å². The predicted octanol–water partition coefficient (Wildman–Crippen LogP) is -0.385. The van der Waals surface area contributed by atoms with Crippen LogP contribution in [0.3, 0.4) is 0 Å². The third-order valence-corrected chi connectivity index (χ3v) is 2.16. The average molecular weight is 414 g/mol. The maximum Gasteiger partial charge on any atom is 1.00 e. The largest absolute Gasteiger partial charge is 1.00 e. The van der Waals surface area contributed by atoms with Crippen molar-refractivity contribution in [3.05, 3.63) is 0 Å². The van der Waals surface area contributed by atoms with Crippen LogP contribution < -0.4 is 41.0 Å². The summed E-state index contributed by atoms with van der Waals surface area (Å²) < 4.78 is 0. The summed E-state index contributed by atoms with van der Waals surface area (Å²) in [4.78, 5) is 18.9. The van der Waals surface area contributed by atoms with Gasteiger partial charge in [0.2, 0.25) is 6.42 Å². The molecule has 0 aliphatic rings. The smallest absolute Gasteiger partial charge is 1.00 e. The van der Waals surface area contributed by atoms with Gasteiger partial charge in [0.25, 0.3) is 0 Å². The maximum atomic E-state index is 9.60. The predicted molar refractivity (Wildman–Crippen MR) is 114 cm³/mol. The number of rotatable bonds is 7. The number of nitrogens with two attached hydrogens (primary N) is 2. The monoisotopic (exact) mass is 413 g/mol. The molecule has 0 fully saturated rings. The Kier molecular flexibility index (Phi) is 115. The molecule has 0 saturated carbocycles. The van der Waals surface area contributed by atoms with Crippen molar-refractivity contribution < 1.29 is 51.2 Å². The van der Waals surface area contributed by atoms with Crippen LogP contribution in [0.25, 0.3) is 0 Å². The van der Waals surface area contributed by atoms with Gasteiger partial charge in [-0.05, 0) is 38.0 Å². The van der Waals surface area contributed by atoms with Crippen LogP contribution in [-0.2, 0) is 9.59 Å². The Morgan fingerprint density at radius 1 is 0.960 bits per heavy atom. The van der Waals surface area contributed by atoms with E-state index >= 15 is 0 Å². The fraction of sp³-hybridized carbons (Fsp3) is 0.875. The number of carbonyl (C=O) groups excluding carboxylic acids is 1. The fourth-order valence-corrected chi connectivity index (χ4v) is 0.316. The number of hydrogen-bond donors (Lipinski definition) is 5. The van der Waals surface area contributed by atoms with E-state index in [-0.39, 0.29) is 36.5 Å². The molecule has 7 N–H and O–H groups in total. The van der Waals surface area contributed by atoms with E-state index in [0.717, 1.165) is 37.3 Å². The zero-order valence-corrected chi connectivity index (χ0v) is 20.7. The summed E-state index contributed by atoms with van der Waals surface area (Å²) in [6.45, 7) is 9.45. The van der Waals surface area contributed by atoms with E-state index in [9.17, 15) is 9.59 Å². The van der Waals surface area contributed by atoms with E-state index in [1.807, 2.05) is 13.8 Å². The molecule has 25 heavy (non-hydrogen) atoms. The van der Waals surface area contributed by atoms with Crippen molar-refractivity contribution in [3.63, 3.8) is 0 Å². The normalized spacial score (nSPS) is 6.88. The number of unbranched alkanes of at least 4 members (excludes halogenated alkanes) is 1. The number of hydrogen-bond acceptors (Lipinski definition) is 6. The summed E-state index contributed by atoms with van der Waals surface area (Å²) in [7, 11) is 0. The van der Waals surface area contributed by atoms with Gasteiger partial charge in [-0.3, -0.25) is 4.79 Å². The van der Waals surface area contributed by atoms with Crippen LogP contribution >= 0.6 is 25.3 Å². The summed E-state index contributed by atoms with van der Waals surface area (Å²) in [6, 6.07) is 0. The van der Waals surface area contributed by atoms with Gasteiger partial charge in [-0.15, -0.1) is 0 Å². The van der Waals surface area contributed by atoms with E-state index < -0.39 is 5.97 Å². The Labute approximate surface area is 190 Å². The standard InChI is InChI=1S/C4H8O2.C4H7O.C3H9N.C3H8S.C2H7NS.Na.H2O.H/c1-2-3-4(5)6;1-2-3-4-5;2*1-2-3-4;3-1-2-4;;;/h2-3H2,1H3,(H,5,6);2-3H2,1H3;2-4H2,1H3;4H,2-3H2,1H3;4H,1-3H2;;1H2;/q;+1;;;;+1;;-1. The fourth-order valence-electron chi connectivity index (χ4n) is 0.316. The molecule has 0 amide bonds. The number of carboxylic acid groups (broad SMARTS) is 1. The minimum absolute atomic E-state index is 0. The molecular weight excluding hydrogens is 371 g/mol. The Balaban J connectivity index is -0.0000000255. The van der Waals surface area contributed by atoms with Gasteiger partial charge in [-0.1, -0.05) is 27.7 Å². The number of carboxylic acids is 1. The number of carbonyl (C=O) groups is 1. The Morgan fingerprint density at radius 2 is 1.32 bits per heavy atom. The van der Waals surface area contributed by atoms with Gasteiger partial charge >= 0.3 is 41.8 Å². The van der Waals surface area contributed by atoms with Crippen molar-refractivity contribution in [2.45, 2.75) is 66.2 Å². The van der Waals surface area contributed by atoms with E-state index in [1.165, 1.54) is 6.42 Å². The van der Waals surface area contributed by atoms with Crippen molar-refractivity contribution in [1.82, 2.24) is 0 Å². The zero-order chi connectivity index (χ0) is 19.4. The molecular formula is C16H42N2NaO4S2+. The molecule has 0 rings (SSSR count). The van der Waals surface area contributed by atoms with Gasteiger partial charge in [0.1, 0.15) is 0 Å². The van der Waals surface area contributed by atoms with E-state index in [0.29, 0.717) is 19.4 Å². The van der Waals surface area contributed by atoms with Crippen molar-refractivity contribution in [1.29, 1.82) is 0 Å². The van der Waals surface area contributed by atoms with Gasteiger partial charge in [0.05, 0.1) is 0 Å². The number of aliphatic carboxylic acids is 1. The molecule has 0 atom stereocenters. The van der Waals surface area contributed by atoms with Gasteiger partial charge in [-0.2, -0.15) is 25.3 Å². The van der Waals surface area contributed by atoms with Crippen molar-refractivity contribution in [3.8, 4) is 0 Å². The second kappa shape index (κ2) is 64.3. The van der Waals surface area contributed by atoms with Crippen molar-refractivity contribution in [2.75, 3.05) is 24.6 Å². The third kappa shape index (κ3) is 169. The molecule has 0 saturated heterocycles. The molecule has 0 heterocycles.